The molecule has 0 saturated carbocycles. The van der Waals surface area contributed by atoms with Crippen LogP contribution in [0.15, 0.2) is 51.8 Å². The largest absolute Gasteiger partial charge is 0.285 e. The van der Waals surface area contributed by atoms with Gasteiger partial charge in [-0.2, -0.15) is 5.10 Å². The fourth-order valence-electron chi connectivity index (χ4n) is 4.61. The first-order valence-corrected chi connectivity index (χ1v) is 11.0. The van der Waals surface area contributed by atoms with Crippen molar-refractivity contribution in [1.29, 1.82) is 0 Å². The van der Waals surface area contributed by atoms with E-state index in [9.17, 15) is 8.78 Å². The van der Waals surface area contributed by atoms with Crippen LogP contribution in [0.3, 0.4) is 0 Å². The number of hydrogen-bond donors (Lipinski definition) is 1. The lowest BCUT2D eigenvalue weighted by Crippen LogP contribution is -2.12. The normalized spacial score (nSPS) is 20.0. The summed E-state index contributed by atoms with van der Waals surface area (Å²) in [6.45, 7) is 7.74. The van der Waals surface area contributed by atoms with Crippen molar-refractivity contribution in [3.8, 4) is 0 Å². The first-order valence-electron chi connectivity index (χ1n) is 11.0. The van der Waals surface area contributed by atoms with E-state index in [2.05, 4.69) is 15.5 Å². The first-order chi connectivity index (χ1) is 15.4. The molecule has 1 aromatic carbocycles. The third-order valence-electron chi connectivity index (χ3n) is 6.28. The number of aromatic nitrogens is 1. The number of rotatable bonds is 4. The lowest BCUT2D eigenvalue weighted by atomic mass is 9.86. The molecule has 1 N–H and O–H groups in total. The quantitative estimate of drug-likeness (QED) is 0.473. The summed E-state index contributed by atoms with van der Waals surface area (Å²) in [5.74, 6) is -0.329. The van der Waals surface area contributed by atoms with Crippen molar-refractivity contribution in [3.05, 3.63) is 81.3 Å². The molecule has 0 bridgehead atoms. The number of aliphatic imine (C=N–C) groups is 1. The number of benzene rings is 1. The molecule has 2 aromatic rings. The van der Waals surface area contributed by atoms with Crippen LogP contribution in [0.4, 0.5) is 8.78 Å². The molecule has 0 radical (unpaired) electrons. The Morgan fingerprint density at radius 1 is 1.22 bits per heavy atom. The fraction of sp³-hybridized carbons (Fsp3) is 0.346. The molecule has 2 aliphatic rings. The SMILES string of the molecule is C/C=N\NC(C)=C(C=C1CC2CCc3ccc(F)c(c32)CN=C1C)c1ncc(C)cc1F. The van der Waals surface area contributed by atoms with Crippen molar-refractivity contribution >= 4 is 17.5 Å². The summed E-state index contributed by atoms with van der Waals surface area (Å²) >= 11 is 0. The van der Waals surface area contributed by atoms with Crippen molar-refractivity contribution in [2.75, 3.05) is 0 Å². The molecule has 4 rings (SSSR count). The van der Waals surface area contributed by atoms with E-state index >= 15 is 0 Å². The van der Waals surface area contributed by atoms with Gasteiger partial charge in [0.15, 0.2) is 0 Å². The lowest BCUT2D eigenvalue weighted by Gasteiger charge is -2.22. The maximum Gasteiger partial charge on any atom is 0.149 e. The summed E-state index contributed by atoms with van der Waals surface area (Å²) in [4.78, 5) is 9.07. The zero-order valence-electron chi connectivity index (χ0n) is 19.0. The number of allylic oxidation sites excluding steroid dienone is 4. The molecule has 2 heterocycles. The minimum Gasteiger partial charge on any atom is -0.285 e. The summed E-state index contributed by atoms with van der Waals surface area (Å²) in [6, 6.07) is 4.96. The van der Waals surface area contributed by atoms with E-state index < -0.39 is 0 Å². The molecule has 32 heavy (non-hydrogen) atoms. The highest BCUT2D eigenvalue weighted by Gasteiger charge is 2.30. The number of aryl methyl sites for hydroxylation is 2. The highest BCUT2D eigenvalue weighted by molar-refractivity contribution is 6.01. The number of hydrogen-bond acceptors (Lipinski definition) is 4. The Hall–Kier alpha value is -3.15. The van der Waals surface area contributed by atoms with Gasteiger partial charge < -0.3 is 0 Å². The molecule has 1 atom stereocenters. The van der Waals surface area contributed by atoms with Gasteiger partial charge in [-0.3, -0.25) is 15.4 Å². The van der Waals surface area contributed by atoms with E-state index in [-0.39, 0.29) is 23.2 Å². The molecular formula is C26H28F2N4. The molecule has 1 aliphatic heterocycles. The van der Waals surface area contributed by atoms with Crippen molar-refractivity contribution < 1.29 is 8.78 Å². The van der Waals surface area contributed by atoms with Crippen LogP contribution >= 0.6 is 0 Å². The molecule has 4 nitrogen and oxygen atoms in total. The second-order valence-corrected chi connectivity index (χ2v) is 8.49. The number of nitrogens with one attached hydrogen (secondary N) is 1. The van der Waals surface area contributed by atoms with Gasteiger partial charge in [-0.1, -0.05) is 6.07 Å². The van der Waals surface area contributed by atoms with Crippen LogP contribution in [0.1, 0.15) is 67.5 Å². The first kappa shape index (κ1) is 22.1. The van der Waals surface area contributed by atoms with Crippen LogP contribution in [0.2, 0.25) is 0 Å². The Morgan fingerprint density at radius 2 is 2.03 bits per heavy atom. The Morgan fingerprint density at radius 3 is 2.78 bits per heavy atom. The fourth-order valence-corrected chi connectivity index (χ4v) is 4.61. The van der Waals surface area contributed by atoms with E-state index in [0.29, 0.717) is 17.8 Å². The summed E-state index contributed by atoms with van der Waals surface area (Å²) in [7, 11) is 0. The molecule has 0 amide bonds. The molecule has 166 valence electrons. The second-order valence-electron chi connectivity index (χ2n) is 8.49. The van der Waals surface area contributed by atoms with Crippen LogP contribution in [-0.2, 0) is 13.0 Å². The van der Waals surface area contributed by atoms with Crippen LogP contribution in [0.5, 0.6) is 0 Å². The molecule has 1 aromatic heterocycles. The minimum absolute atomic E-state index is 0.177. The van der Waals surface area contributed by atoms with Gasteiger partial charge in [0.05, 0.1) is 6.54 Å². The van der Waals surface area contributed by atoms with Gasteiger partial charge in [-0.05, 0) is 93.3 Å². The standard InChI is InChI=1S/C26H28F2N4/c1-5-31-32-17(4)21(26-24(28)10-15(2)13-30-26)12-20-11-19-7-6-18-8-9-23(27)22(25(18)19)14-29-16(20)3/h5,8-10,12-13,19,32H,6-7,11,14H2,1-4H3/b20-12?,21-17?,29-16?,31-5-. The molecular weight excluding hydrogens is 406 g/mol. The van der Waals surface area contributed by atoms with Gasteiger partial charge in [-0.25, -0.2) is 8.78 Å². The average molecular weight is 435 g/mol. The summed E-state index contributed by atoms with van der Waals surface area (Å²) in [6.07, 6.45) is 7.91. The maximum absolute atomic E-state index is 14.9. The zero-order valence-corrected chi connectivity index (χ0v) is 19.0. The van der Waals surface area contributed by atoms with Gasteiger partial charge in [0, 0.05) is 35.0 Å². The summed E-state index contributed by atoms with van der Waals surface area (Å²) < 4.78 is 29.5. The van der Waals surface area contributed by atoms with E-state index in [0.717, 1.165) is 47.2 Å². The monoisotopic (exact) mass is 434 g/mol. The third kappa shape index (κ3) is 4.27. The Balaban J connectivity index is 1.82. The van der Waals surface area contributed by atoms with E-state index in [1.807, 2.05) is 39.8 Å². The topological polar surface area (TPSA) is 49.6 Å². The second kappa shape index (κ2) is 9.15. The van der Waals surface area contributed by atoms with Crippen molar-refractivity contribution in [2.45, 2.75) is 59.4 Å². The predicted molar refractivity (Wildman–Crippen MR) is 126 cm³/mol. The van der Waals surface area contributed by atoms with Gasteiger partial charge in [0.1, 0.15) is 17.3 Å². The average Bonchev–Trinajstić information content (AvgIpc) is 3.16. The number of hydrazone groups is 1. The van der Waals surface area contributed by atoms with Crippen molar-refractivity contribution in [3.63, 3.8) is 0 Å². The van der Waals surface area contributed by atoms with Gasteiger partial charge in [-0.15, -0.1) is 0 Å². The van der Waals surface area contributed by atoms with Gasteiger partial charge >= 0.3 is 0 Å². The highest BCUT2D eigenvalue weighted by Crippen LogP contribution is 2.42. The Bertz CT molecular complexity index is 1170. The van der Waals surface area contributed by atoms with Crippen LogP contribution in [0.25, 0.3) is 5.57 Å². The van der Waals surface area contributed by atoms with Crippen LogP contribution in [0, 0.1) is 18.6 Å². The minimum atomic E-state index is -0.380. The maximum atomic E-state index is 14.9. The van der Waals surface area contributed by atoms with Gasteiger partial charge in [0.2, 0.25) is 0 Å². The smallest absolute Gasteiger partial charge is 0.149 e. The Labute approximate surface area is 187 Å². The number of halogens is 2. The van der Waals surface area contributed by atoms with Crippen molar-refractivity contribution in [2.24, 2.45) is 10.1 Å². The molecule has 1 unspecified atom stereocenters. The Kier molecular flexibility index (Phi) is 6.31. The van der Waals surface area contributed by atoms with E-state index in [1.54, 1.807) is 18.5 Å². The molecule has 0 saturated heterocycles. The van der Waals surface area contributed by atoms with Crippen LogP contribution in [-0.4, -0.2) is 16.9 Å². The van der Waals surface area contributed by atoms with E-state index in [1.165, 1.54) is 11.6 Å². The van der Waals surface area contributed by atoms with Crippen LogP contribution < -0.4 is 5.43 Å². The zero-order chi connectivity index (χ0) is 22.8. The molecule has 0 fully saturated rings. The van der Waals surface area contributed by atoms with Crippen molar-refractivity contribution in [1.82, 2.24) is 10.4 Å². The molecule has 6 heteroatoms. The molecule has 1 aliphatic carbocycles. The number of pyridine rings is 1. The van der Waals surface area contributed by atoms with Gasteiger partial charge in [0.25, 0.3) is 0 Å². The molecule has 0 spiro atoms. The third-order valence-corrected chi connectivity index (χ3v) is 6.28. The summed E-state index contributed by atoms with van der Waals surface area (Å²) in [5, 5.41) is 4.11. The highest BCUT2D eigenvalue weighted by atomic mass is 19.1. The number of nitrogens with zero attached hydrogens (tertiary/aromatic N) is 3. The summed E-state index contributed by atoms with van der Waals surface area (Å²) in [5.41, 5.74) is 10.2. The lowest BCUT2D eigenvalue weighted by molar-refractivity contribution is 0.597. The van der Waals surface area contributed by atoms with E-state index in [4.69, 9.17) is 4.99 Å². The predicted octanol–water partition coefficient (Wildman–Crippen LogP) is 6.02.